The fourth-order valence-corrected chi connectivity index (χ4v) is 3.90. The first-order valence-electron chi connectivity index (χ1n) is 7.46. The summed E-state index contributed by atoms with van der Waals surface area (Å²) in [6.07, 6.45) is 10.2. The molecule has 1 aliphatic carbocycles. The van der Waals surface area contributed by atoms with Crippen LogP contribution in [0.5, 0.6) is 0 Å². The van der Waals surface area contributed by atoms with Crippen LogP contribution in [-0.2, 0) is 0 Å². The summed E-state index contributed by atoms with van der Waals surface area (Å²) >= 11 is 1.81. The Hall–Kier alpha value is -0.410. The third kappa shape index (κ3) is 3.55. The topological polar surface area (TPSA) is 24.9 Å². The lowest BCUT2D eigenvalue weighted by Gasteiger charge is -2.33. The summed E-state index contributed by atoms with van der Waals surface area (Å²) in [6.45, 7) is 5.70. The maximum atomic E-state index is 4.26. The van der Waals surface area contributed by atoms with Gasteiger partial charge in [0.2, 0.25) is 0 Å². The maximum absolute atomic E-state index is 4.26. The molecule has 1 heterocycles. The zero-order valence-corrected chi connectivity index (χ0v) is 12.5. The molecular weight excluding hydrogens is 240 g/mol. The van der Waals surface area contributed by atoms with Crippen molar-refractivity contribution in [2.75, 3.05) is 6.54 Å². The van der Waals surface area contributed by atoms with Crippen molar-refractivity contribution in [2.45, 2.75) is 58.4 Å². The lowest BCUT2D eigenvalue weighted by molar-refractivity contribution is 0.220. The summed E-state index contributed by atoms with van der Waals surface area (Å²) in [6, 6.07) is 0.551. The Morgan fingerprint density at radius 2 is 2.11 bits per heavy atom. The molecule has 1 atom stereocenters. The van der Waals surface area contributed by atoms with Crippen LogP contribution < -0.4 is 5.32 Å². The molecule has 0 saturated heterocycles. The van der Waals surface area contributed by atoms with Crippen LogP contribution >= 0.6 is 11.3 Å². The van der Waals surface area contributed by atoms with Crippen LogP contribution in [0.15, 0.2) is 11.7 Å². The minimum absolute atomic E-state index is 0.551. The van der Waals surface area contributed by atoms with Crippen molar-refractivity contribution < 1.29 is 0 Å². The van der Waals surface area contributed by atoms with Crippen LogP contribution in [0.2, 0.25) is 0 Å². The summed E-state index contributed by atoms with van der Waals surface area (Å²) in [4.78, 5) is 5.69. The quantitative estimate of drug-likeness (QED) is 0.825. The molecule has 1 N–H and O–H groups in total. The summed E-state index contributed by atoms with van der Waals surface area (Å²) in [5.41, 5.74) is 1.97. The highest BCUT2D eigenvalue weighted by Gasteiger charge is 2.28. The van der Waals surface area contributed by atoms with E-state index in [1.807, 2.05) is 16.8 Å². The van der Waals surface area contributed by atoms with E-state index in [0.717, 1.165) is 18.4 Å². The van der Waals surface area contributed by atoms with Gasteiger partial charge in [0.25, 0.3) is 0 Å². The van der Waals surface area contributed by atoms with Crippen LogP contribution in [0.1, 0.15) is 63.3 Å². The highest BCUT2D eigenvalue weighted by Crippen LogP contribution is 2.38. The molecule has 0 amide bonds. The third-order valence-electron chi connectivity index (χ3n) is 4.31. The highest BCUT2D eigenvalue weighted by molar-refractivity contribution is 7.09. The zero-order chi connectivity index (χ0) is 12.8. The average Bonchev–Trinajstić information content (AvgIpc) is 2.94. The largest absolute Gasteiger partial charge is 0.309 e. The van der Waals surface area contributed by atoms with E-state index in [4.69, 9.17) is 0 Å². The van der Waals surface area contributed by atoms with E-state index in [-0.39, 0.29) is 0 Å². The van der Waals surface area contributed by atoms with E-state index in [1.165, 1.54) is 43.4 Å². The number of hydrogen-bond acceptors (Lipinski definition) is 3. The van der Waals surface area contributed by atoms with Gasteiger partial charge >= 0.3 is 0 Å². The SMILES string of the molecule is CCCNC(c1cncs1)C1CCC(CC)CC1. The molecule has 0 bridgehead atoms. The van der Waals surface area contributed by atoms with Gasteiger partial charge in [-0.3, -0.25) is 4.98 Å². The Morgan fingerprint density at radius 1 is 1.33 bits per heavy atom. The predicted molar refractivity (Wildman–Crippen MR) is 78.9 cm³/mol. The predicted octanol–water partition coefficient (Wildman–Crippen LogP) is 4.40. The number of nitrogens with zero attached hydrogens (tertiary/aromatic N) is 1. The van der Waals surface area contributed by atoms with Crippen LogP contribution in [0.25, 0.3) is 0 Å². The molecule has 102 valence electrons. The minimum atomic E-state index is 0.551. The van der Waals surface area contributed by atoms with Gasteiger partial charge in [-0.1, -0.05) is 33.1 Å². The molecule has 1 unspecified atom stereocenters. The molecule has 1 aromatic rings. The second-order valence-corrected chi connectivity index (χ2v) is 6.44. The number of aromatic nitrogens is 1. The maximum Gasteiger partial charge on any atom is 0.0794 e. The van der Waals surface area contributed by atoms with Crippen molar-refractivity contribution in [2.24, 2.45) is 11.8 Å². The molecule has 2 nitrogen and oxygen atoms in total. The number of hydrogen-bond donors (Lipinski definition) is 1. The summed E-state index contributed by atoms with van der Waals surface area (Å²) in [5.74, 6) is 1.80. The van der Waals surface area contributed by atoms with Crippen molar-refractivity contribution in [1.29, 1.82) is 0 Å². The van der Waals surface area contributed by atoms with Crippen molar-refractivity contribution in [3.05, 3.63) is 16.6 Å². The zero-order valence-electron chi connectivity index (χ0n) is 11.7. The molecule has 18 heavy (non-hydrogen) atoms. The van der Waals surface area contributed by atoms with E-state index < -0.39 is 0 Å². The van der Waals surface area contributed by atoms with Gasteiger partial charge in [-0.2, -0.15) is 0 Å². The minimum Gasteiger partial charge on any atom is -0.309 e. The molecule has 3 heteroatoms. The van der Waals surface area contributed by atoms with Gasteiger partial charge in [0.1, 0.15) is 0 Å². The summed E-state index contributed by atoms with van der Waals surface area (Å²) in [5, 5.41) is 3.74. The Labute approximate surface area is 115 Å². The highest BCUT2D eigenvalue weighted by atomic mass is 32.1. The first-order valence-corrected chi connectivity index (χ1v) is 8.34. The number of nitrogens with one attached hydrogen (secondary N) is 1. The van der Waals surface area contributed by atoms with Crippen molar-refractivity contribution in [3.63, 3.8) is 0 Å². The molecule has 1 aliphatic rings. The fourth-order valence-electron chi connectivity index (χ4n) is 3.11. The second kappa shape index (κ2) is 7.25. The standard InChI is InChI=1S/C15H26N2S/c1-3-9-17-15(14-10-16-11-18-14)13-7-5-12(4-2)6-8-13/h10-13,15,17H,3-9H2,1-2H3. The Bertz CT molecular complexity index is 315. The van der Waals surface area contributed by atoms with Crippen LogP contribution in [0.4, 0.5) is 0 Å². The van der Waals surface area contributed by atoms with Crippen LogP contribution in [0.3, 0.4) is 0 Å². The van der Waals surface area contributed by atoms with Crippen molar-refractivity contribution >= 4 is 11.3 Å². The van der Waals surface area contributed by atoms with Crippen molar-refractivity contribution in [1.82, 2.24) is 10.3 Å². The summed E-state index contributed by atoms with van der Waals surface area (Å²) < 4.78 is 0. The van der Waals surface area contributed by atoms with Gasteiger partial charge in [0, 0.05) is 17.1 Å². The van der Waals surface area contributed by atoms with Gasteiger partial charge in [-0.05, 0) is 37.6 Å². The molecule has 2 rings (SSSR count). The third-order valence-corrected chi connectivity index (χ3v) is 5.17. The molecule has 1 fully saturated rings. The monoisotopic (exact) mass is 266 g/mol. The molecule has 1 saturated carbocycles. The van der Waals surface area contributed by atoms with Crippen molar-refractivity contribution in [3.8, 4) is 0 Å². The first kappa shape index (κ1) is 14.0. The second-order valence-electron chi connectivity index (χ2n) is 5.52. The van der Waals surface area contributed by atoms with Crippen LogP contribution in [-0.4, -0.2) is 11.5 Å². The van der Waals surface area contributed by atoms with E-state index in [2.05, 4.69) is 30.3 Å². The molecule has 0 aromatic carbocycles. The fraction of sp³-hybridized carbons (Fsp3) is 0.800. The smallest absolute Gasteiger partial charge is 0.0794 e. The van der Waals surface area contributed by atoms with E-state index in [9.17, 15) is 0 Å². The Kier molecular flexibility index (Phi) is 5.64. The summed E-state index contributed by atoms with van der Waals surface area (Å²) in [7, 11) is 0. The van der Waals surface area contributed by atoms with E-state index in [0.29, 0.717) is 6.04 Å². The molecule has 0 aliphatic heterocycles. The number of thiazole rings is 1. The average molecular weight is 266 g/mol. The number of rotatable bonds is 6. The normalized spacial score (nSPS) is 26.1. The van der Waals surface area contributed by atoms with Gasteiger partial charge in [-0.25, -0.2) is 0 Å². The molecular formula is C15H26N2S. The Balaban J connectivity index is 1.96. The van der Waals surface area contributed by atoms with Gasteiger partial charge in [0.05, 0.1) is 5.51 Å². The van der Waals surface area contributed by atoms with Gasteiger partial charge < -0.3 is 5.32 Å². The van der Waals surface area contributed by atoms with Gasteiger partial charge in [0.15, 0.2) is 0 Å². The van der Waals surface area contributed by atoms with E-state index in [1.54, 1.807) is 0 Å². The van der Waals surface area contributed by atoms with E-state index >= 15 is 0 Å². The lowest BCUT2D eigenvalue weighted by atomic mass is 9.77. The lowest BCUT2D eigenvalue weighted by Crippen LogP contribution is -2.31. The first-order chi connectivity index (χ1) is 8.85. The van der Waals surface area contributed by atoms with Crippen LogP contribution in [0, 0.1) is 11.8 Å². The molecule has 0 radical (unpaired) electrons. The molecule has 0 spiro atoms. The van der Waals surface area contributed by atoms with Gasteiger partial charge in [-0.15, -0.1) is 11.3 Å². The molecule has 1 aromatic heterocycles. The Morgan fingerprint density at radius 3 is 2.67 bits per heavy atom.